The van der Waals surface area contributed by atoms with Crippen molar-refractivity contribution in [3.05, 3.63) is 28.6 Å². The number of nitrogens with one attached hydrogen (secondary N) is 1. The zero-order valence-corrected chi connectivity index (χ0v) is 19.4. The lowest BCUT2D eigenvalue weighted by Crippen LogP contribution is -2.53. The van der Waals surface area contributed by atoms with Gasteiger partial charge >= 0.3 is 0 Å². The third-order valence-corrected chi connectivity index (χ3v) is 7.14. The van der Waals surface area contributed by atoms with Crippen LogP contribution in [0.3, 0.4) is 0 Å². The number of aromatic nitrogens is 5. The number of halogens is 2. The molecule has 33 heavy (non-hydrogen) atoms. The number of fused-ring (bicyclic) bond motifs is 1. The number of aliphatic hydroxyl groups is 1. The van der Waals surface area contributed by atoms with Crippen molar-refractivity contribution in [1.29, 1.82) is 0 Å². The van der Waals surface area contributed by atoms with E-state index >= 15 is 0 Å². The molecule has 3 aromatic rings. The molecule has 12 heteroatoms. The van der Waals surface area contributed by atoms with Crippen LogP contribution in [0, 0.1) is 0 Å². The zero-order chi connectivity index (χ0) is 22.5. The van der Waals surface area contributed by atoms with Gasteiger partial charge in [-0.05, 0) is 18.9 Å². The molecule has 10 nitrogen and oxygen atoms in total. The number of hydrogen-bond acceptors (Lipinski definition) is 9. The molecular weight excluding hydrogens is 467 g/mol. The smallest absolute Gasteiger partial charge is 0.229 e. The highest BCUT2D eigenvalue weighted by Gasteiger charge is 2.34. The maximum Gasteiger partial charge on any atom is 0.229 e. The molecule has 3 aliphatic rings. The summed E-state index contributed by atoms with van der Waals surface area (Å²) in [5.41, 5.74) is 1.23. The molecule has 3 fully saturated rings. The van der Waals surface area contributed by atoms with Gasteiger partial charge in [-0.1, -0.05) is 23.2 Å². The summed E-state index contributed by atoms with van der Waals surface area (Å²) < 4.78 is 7.24. The van der Waals surface area contributed by atoms with Crippen LogP contribution in [0.1, 0.15) is 18.9 Å². The Labute approximate surface area is 200 Å². The average molecular weight is 491 g/mol. The van der Waals surface area contributed by atoms with Crippen LogP contribution < -0.4 is 10.2 Å². The fraction of sp³-hybridized carbons (Fsp3) is 0.524. The molecule has 174 valence electrons. The molecule has 2 aliphatic heterocycles. The lowest BCUT2D eigenvalue weighted by molar-refractivity contribution is 0.0784. The van der Waals surface area contributed by atoms with E-state index in [1.165, 1.54) is 0 Å². The molecule has 1 aliphatic carbocycles. The van der Waals surface area contributed by atoms with Gasteiger partial charge in [0.1, 0.15) is 5.82 Å². The van der Waals surface area contributed by atoms with Gasteiger partial charge in [0.25, 0.3) is 0 Å². The van der Waals surface area contributed by atoms with E-state index in [2.05, 4.69) is 30.2 Å². The molecule has 2 atom stereocenters. The zero-order valence-electron chi connectivity index (χ0n) is 17.9. The van der Waals surface area contributed by atoms with Crippen LogP contribution in [-0.2, 0) is 4.74 Å². The lowest BCUT2D eigenvalue weighted by Gasteiger charge is -2.39. The van der Waals surface area contributed by atoms with Gasteiger partial charge in [0.15, 0.2) is 10.8 Å². The first-order valence-corrected chi connectivity index (χ1v) is 11.9. The van der Waals surface area contributed by atoms with Crippen molar-refractivity contribution >= 4 is 51.7 Å². The molecular formula is C21H24Cl2N8O2. The largest absolute Gasteiger partial charge is 0.389 e. The predicted molar refractivity (Wildman–Crippen MR) is 126 cm³/mol. The topological polar surface area (TPSA) is 104 Å². The van der Waals surface area contributed by atoms with Crippen molar-refractivity contribution in [1.82, 2.24) is 29.6 Å². The first-order chi connectivity index (χ1) is 16.1. The van der Waals surface area contributed by atoms with E-state index < -0.39 is 6.10 Å². The molecule has 2 unspecified atom stereocenters. The highest BCUT2D eigenvalue weighted by atomic mass is 35.5. The summed E-state index contributed by atoms with van der Waals surface area (Å²) in [4.78, 5) is 18.2. The Morgan fingerprint density at radius 2 is 1.88 bits per heavy atom. The van der Waals surface area contributed by atoms with Crippen molar-refractivity contribution in [2.45, 2.75) is 31.0 Å². The van der Waals surface area contributed by atoms with Crippen molar-refractivity contribution < 1.29 is 9.84 Å². The van der Waals surface area contributed by atoms with E-state index in [0.29, 0.717) is 52.5 Å². The summed E-state index contributed by atoms with van der Waals surface area (Å²) in [7, 11) is 0. The lowest BCUT2D eigenvalue weighted by atomic mass is 10.1. The van der Waals surface area contributed by atoms with Crippen molar-refractivity contribution in [3.8, 4) is 0 Å². The highest BCUT2D eigenvalue weighted by molar-refractivity contribution is 6.33. The molecule has 5 heterocycles. The number of anilines is 3. The quantitative estimate of drug-likeness (QED) is 0.557. The van der Waals surface area contributed by atoms with Crippen LogP contribution in [0.25, 0.3) is 11.0 Å². The van der Waals surface area contributed by atoms with E-state index in [-0.39, 0.29) is 6.04 Å². The second-order valence-electron chi connectivity index (χ2n) is 8.75. The SMILES string of the molecule is OC1COCC1N1CCN(c2nc3nc(Nc4cnn(C5CC5)c4Cl)ncc3cc2Cl)CC1. The molecule has 0 aromatic carbocycles. The Bertz CT molecular complexity index is 1180. The van der Waals surface area contributed by atoms with Crippen molar-refractivity contribution in [3.63, 3.8) is 0 Å². The molecule has 0 radical (unpaired) electrons. The molecule has 2 N–H and O–H groups in total. The Balaban J connectivity index is 1.20. The number of piperazine rings is 1. The van der Waals surface area contributed by atoms with Gasteiger partial charge in [-0.2, -0.15) is 10.1 Å². The standard InChI is InChI=1S/C21H24Cl2N8O2/c22-14-7-12-8-24-21(26-15-9-25-31(18(15)23)13-1-2-13)28-19(12)27-20(14)30-5-3-29(4-6-30)16-10-33-11-17(16)32/h7-9,13,16-17,32H,1-6,10-11H2,(H,24,26,27,28). The Hall–Kier alpha value is -2.24. The van der Waals surface area contributed by atoms with Gasteiger partial charge in [-0.3, -0.25) is 4.90 Å². The number of nitrogens with zero attached hydrogens (tertiary/aromatic N) is 7. The van der Waals surface area contributed by atoms with Crippen LogP contribution in [-0.4, -0.2) is 86.3 Å². The fourth-order valence-electron chi connectivity index (χ4n) is 4.48. The minimum Gasteiger partial charge on any atom is -0.389 e. The number of rotatable bonds is 5. The number of aliphatic hydroxyl groups excluding tert-OH is 1. The van der Waals surface area contributed by atoms with Crippen LogP contribution >= 0.6 is 23.2 Å². The summed E-state index contributed by atoms with van der Waals surface area (Å²) in [6.07, 6.45) is 5.17. The summed E-state index contributed by atoms with van der Waals surface area (Å²) in [6.45, 7) is 4.11. The molecule has 1 saturated carbocycles. The summed E-state index contributed by atoms with van der Waals surface area (Å²) in [6, 6.07) is 2.30. The van der Waals surface area contributed by atoms with E-state index in [9.17, 15) is 5.11 Å². The third kappa shape index (κ3) is 4.10. The first-order valence-electron chi connectivity index (χ1n) is 11.1. The van der Waals surface area contributed by atoms with E-state index in [1.807, 2.05) is 10.7 Å². The van der Waals surface area contributed by atoms with Crippen molar-refractivity contribution in [2.24, 2.45) is 0 Å². The van der Waals surface area contributed by atoms with Crippen LogP contribution in [0.2, 0.25) is 10.2 Å². The summed E-state index contributed by atoms with van der Waals surface area (Å²) in [5, 5.41) is 19.5. The maximum atomic E-state index is 10.1. The van der Waals surface area contributed by atoms with Crippen molar-refractivity contribution in [2.75, 3.05) is 49.6 Å². The highest BCUT2D eigenvalue weighted by Crippen LogP contribution is 2.39. The molecule has 2 saturated heterocycles. The van der Waals surface area contributed by atoms with Gasteiger partial charge in [-0.25, -0.2) is 14.6 Å². The average Bonchev–Trinajstić information content (AvgIpc) is 3.47. The monoisotopic (exact) mass is 490 g/mol. The Kier molecular flexibility index (Phi) is 5.50. The maximum absolute atomic E-state index is 10.1. The van der Waals surface area contributed by atoms with Gasteiger partial charge in [0, 0.05) is 37.8 Å². The minimum absolute atomic E-state index is 0.0599. The molecule has 0 spiro atoms. The van der Waals surface area contributed by atoms with Crippen LogP contribution in [0.5, 0.6) is 0 Å². The first kappa shape index (κ1) is 21.3. The Morgan fingerprint density at radius 1 is 1.06 bits per heavy atom. The molecule has 0 bridgehead atoms. The molecule has 0 amide bonds. The Morgan fingerprint density at radius 3 is 2.61 bits per heavy atom. The van der Waals surface area contributed by atoms with Gasteiger partial charge in [-0.15, -0.1) is 0 Å². The number of ether oxygens (including phenoxy) is 1. The van der Waals surface area contributed by atoms with Crippen LogP contribution in [0.4, 0.5) is 17.5 Å². The van der Waals surface area contributed by atoms with E-state index in [1.54, 1.807) is 12.4 Å². The normalized spacial score (nSPS) is 24.0. The van der Waals surface area contributed by atoms with Gasteiger partial charge in [0.05, 0.1) is 48.3 Å². The van der Waals surface area contributed by atoms with E-state index in [0.717, 1.165) is 44.4 Å². The van der Waals surface area contributed by atoms with Crippen LogP contribution in [0.15, 0.2) is 18.5 Å². The van der Waals surface area contributed by atoms with Gasteiger partial charge < -0.3 is 20.1 Å². The second-order valence-corrected chi connectivity index (χ2v) is 9.51. The fourth-order valence-corrected chi connectivity index (χ4v) is 5.04. The third-order valence-electron chi connectivity index (χ3n) is 6.48. The second kappa shape index (κ2) is 8.52. The predicted octanol–water partition coefficient (Wildman–Crippen LogP) is 2.49. The van der Waals surface area contributed by atoms with Gasteiger partial charge in [0.2, 0.25) is 5.95 Å². The number of hydrogen-bond donors (Lipinski definition) is 2. The summed E-state index contributed by atoms with van der Waals surface area (Å²) in [5.74, 6) is 1.11. The molecule has 3 aromatic heterocycles. The van der Waals surface area contributed by atoms with E-state index in [4.69, 9.17) is 32.9 Å². The minimum atomic E-state index is -0.425. The number of pyridine rings is 1. The summed E-state index contributed by atoms with van der Waals surface area (Å²) >= 11 is 13.0. The molecule has 6 rings (SSSR count).